The van der Waals surface area contributed by atoms with Gasteiger partial charge in [0.15, 0.2) is 0 Å². The molecule has 0 aromatic carbocycles. The summed E-state index contributed by atoms with van der Waals surface area (Å²) in [5, 5.41) is 51.3. The SMILES string of the molecule is CC(C)(C)OC(=O)CCCCOCC(=O)O.CC(C)(C)OC(=O)NCCCO.COC(=O)N1C(=O)C=CC1=O.NCCCOCC(=O)O.NCCCOCC(=O)O.O=C(O)CBr.O=C(O)COCCCN1C(=O)C=CC1=O. The fourth-order valence-corrected chi connectivity index (χ4v) is 4.11. The Morgan fingerprint density at radius 1 is 0.558 bits per heavy atom. The van der Waals surface area contributed by atoms with Gasteiger partial charge in [0.25, 0.3) is 23.6 Å². The summed E-state index contributed by atoms with van der Waals surface area (Å²) in [4.78, 5) is 127. The molecule has 0 aromatic heterocycles. The number of amides is 6. The zero-order valence-corrected chi connectivity index (χ0v) is 46.1. The number of imide groups is 4. The van der Waals surface area contributed by atoms with E-state index in [-0.39, 0.29) is 69.3 Å². The first-order chi connectivity index (χ1) is 35.8. The number of unbranched alkanes of at least 4 members (excludes halogenated alkanes) is 1. The highest BCUT2D eigenvalue weighted by Crippen LogP contribution is 2.10. The average molecular weight is 1180 g/mol. The number of alkyl carbamates (subject to hydrolysis) is 1. The van der Waals surface area contributed by atoms with Crippen molar-refractivity contribution < 1.29 is 121 Å². The molecule has 0 aliphatic carbocycles. The van der Waals surface area contributed by atoms with Gasteiger partial charge < -0.3 is 80.6 Å². The molecule has 0 radical (unpaired) electrons. The molecule has 31 heteroatoms. The zero-order valence-electron chi connectivity index (χ0n) is 44.5. The number of alkyl halides is 1. The summed E-state index contributed by atoms with van der Waals surface area (Å²) in [6, 6.07) is 0. The quantitative estimate of drug-likeness (QED) is 0.0181. The van der Waals surface area contributed by atoms with E-state index in [0.29, 0.717) is 89.3 Å². The van der Waals surface area contributed by atoms with E-state index in [2.05, 4.69) is 35.5 Å². The van der Waals surface area contributed by atoms with Crippen LogP contribution in [-0.2, 0) is 81.1 Å². The van der Waals surface area contributed by atoms with Crippen LogP contribution in [0.4, 0.5) is 9.59 Å². The Hall–Kier alpha value is -6.48. The number of nitrogens with two attached hydrogens (primary N) is 2. The van der Waals surface area contributed by atoms with Crippen LogP contribution in [-0.4, -0.2) is 221 Å². The summed E-state index contributed by atoms with van der Waals surface area (Å²) < 4.78 is 33.1. The zero-order chi connectivity index (χ0) is 60.4. The molecule has 0 saturated heterocycles. The average Bonchev–Trinajstić information content (AvgIpc) is 3.83. The number of aliphatic hydroxyl groups excluding tert-OH is 1. The van der Waals surface area contributed by atoms with Gasteiger partial charge >= 0.3 is 48.0 Å². The molecule has 0 unspecified atom stereocenters. The Balaban J connectivity index is -0.000000268. The molecule has 0 saturated carbocycles. The normalized spacial score (nSPS) is 11.9. The summed E-state index contributed by atoms with van der Waals surface area (Å²) in [5.74, 6) is -6.95. The van der Waals surface area contributed by atoms with Crippen molar-refractivity contribution in [2.45, 2.75) is 97.7 Å². The first-order valence-electron chi connectivity index (χ1n) is 23.2. The van der Waals surface area contributed by atoms with Crippen molar-refractivity contribution in [1.82, 2.24) is 15.1 Å². The van der Waals surface area contributed by atoms with Gasteiger partial charge in [-0.3, -0.25) is 33.7 Å². The molecule has 2 rings (SSSR count). The lowest BCUT2D eigenvalue weighted by molar-refractivity contribution is -0.155. The van der Waals surface area contributed by atoms with Gasteiger partial charge in [-0.25, -0.2) is 28.8 Å². The Bertz CT molecular complexity index is 1780. The third-order valence-corrected chi connectivity index (χ3v) is 7.56. The van der Waals surface area contributed by atoms with E-state index in [0.717, 1.165) is 24.2 Å². The molecule has 0 atom stereocenters. The molecule has 0 spiro atoms. The number of rotatable bonds is 27. The number of aliphatic hydroxyl groups is 1. The van der Waals surface area contributed by atoms with Crippen molar-refractivity contribution in [2.75, 3.05) is 98.1 Å². The fourth-order valence-electron chi connectivity index (χ4n) is 4.11. The molecule has 30 nitrogen and oxygen atoms in total. The van der Waals surface area contributed by atoms with Gasteiger partial charge in [0.05, 0.1) is 7.11 Å². The summed E-state index contributed by atoms with van der Waals surface area (Å²) in [6.07, 6.45) is 7.13. The number of carboxylic acid groups (broad SMARTS) is 5. The summed E-state index contributed by atoms with van der Waals surface area (Å²) in [5.41, 5.74) is 9.33. The van der Waals surface area contributed by atoms with Gasteiger partial charge in [0.2, 0.25) is 0 Å². The van der Waals surface area contributed by atoms with Crippen LogP contribution in [0.1, 0.15) is 86.5 Å². The van der Waals surface area contributed by atoms with Crippen LogP contribution in [0.3, 0.4) is 0 Å². The summed E-state index contributed by atoms with van der Waals surface area (Å²) >= 11 is 2.71. The van der Waals surface area contributed by atoms with Gasteiger partial charge in [0.1, 0.15) is 43.0 Å². The summed E-state index contributed by atoms with van der Waals surface area (Å²) in [7, 11) is 1.10. The second-order valence-corrected chi connectivity index (χ2v) is 17.0. The highest BCUT2D eigenvalue weighted by molar-refractivity contribution is 9.09. The van der Waals surface area contributed by atoms with E-state index < -0.39 is 65.0 Å². The Kier molecular flexibility index (Phi) is 51.9. The predicted octanol–water partition coefficient (Wildman–Crippen LogP) is 0.912. The van der Waals surface area contributed by atoms with Crippen molar-refractivity contribution in [1.29, 1.82) is 0 Å². The van der Waals surface area contributed by atoms with E-state index in [1.807, 2.05) is 20.8 Å². The third-order valence-electron chi connectivity index (χ3n) is 7.08. The second kappa shape index (κ2) is 50.3. The van der Waals surface area contributed by atoms with Crippen molar-refractivity contribution >= 4 is 87.6 Å². The maximum atomic E-state index is 11.2. The molecule has 2 heterocycles. The largest absolute Gasteiger partial charge is 0.481 e. The smallest absolute Gasteiger partial charge is 0.423 e. The Labute approximate surface area is 454 Å². The fraction of sp³-hybridized carbons (Fsp3) is 0.652. The van der Waals surface area contributed by atoms with Crippen LogP contribution in [0, 0.1) is 0 Å². The molecule has 0 aromatic rings. The lowest BCUT2D eigenvalue weighted by Crippen LogP contribution is -2.35. The number of hydrogen-bond donors (Lipinski definition) is 9. The number of aliphatic carboxylic acids is 5. The molecule has 11 N–H and O–H groups in total. The first-order valence-corrected chi connectivity index (χ1v) is 24.3. The number of ether oxygens (including phenoxy) is 7. The lowest BCUT2D eigenvalue weighted by atomic mass is 10.2. The van der Waals surface area contributed by atoms with Crippen LogP contribution in [0.2, 0.25) is 0 Å². The molecule has 0 fully saturated rings. The van der Waals surface area contributed by atoms with Crippen molar-refractivity contribution in [3.05, 3.63) is 24.3 Å². The first kappa shape index (κ1) is 79.4. The molecular formula is C46H78BrN5O25. The van der Waals surface area contributed by atoms with Crippen LogP contribution in [0.15, 0.2) is 24.3 Å². The highest BCUT2D eigenvalue weighted by atomic mass is 79.9. The number of nitrogens with one attached hydrogen (secondary N) is 1. The van der Waals surface area contributed by atoms with E-state index >= 15 is 0 Å². The number of carbonyl (C=O) groups is 12. The third kappa shape index (κ3) is 62.0. The molecule has 2 aliphatic heterocycles. The van der Waals surface area contributed by atoms with Crippen molar-refractivity contribution in [3.8, 4) is 0 Å². The molecular weight excluding hydrogens is 1100 g/mol. The standard InChI is InChI=1S/C11H20O5.C9H11NO5.C8H17NO3.C6H5NO4.2C5H11NO3.C2H3BrO2/c1-11(2,3)16-10(14)6-4-5-7-15-8-9(12)13;11-7-2-3-8(12)10(7)4-1-5-15-6-9(13)14;1-8(2,3)12-7(11)9-5-4-6-10;1-11-6(10)7-4(8)2-3-5(7)9;2*6-2-1-3-9-4-5(7)8;3-1-2(4)5/h4-8H2,1-3H3,(H,12,13);2-3H,1,4-6H2,(H,13,14);10H,4-6H2,1-3H3,(H,9,11);2-3H,1H3;2*1-4,6H2,(H,7,8);1H2,(H,4,5). The van der Waals surface area contributed by atoms with E-state index in [1.165, 1.54) is 12.2 Å². The molecule has 0 bridgehead atoms. The molecule has 6 amide bonds. The van der Waals surface area contributed by atoms with Crippen molar-refractivity contribution in [2.24, 2.45) is 11.5 Å². The lowest BCUT2D eigenvalue weighted by Gasteiger charge is -2.19. The van der Waals surface area contributed by atoms with Crippen LogP contribution < -0.4 is 16.8 Å². The number of halogens is 1. The van der Waals surface area contributed by atoms with Gasteiger partial charge in [-0.1, -0.05) is 15.9 Å². The number of methoxy groups -OCH3 is 1. The van der Waals surface area contributed by atoms with Gasteiger partial charge in [-0.15, -0.1) is 0 Å². The Morgan fingerprint density at radius 2 is 0.922 bits per heavy atom. The van der Waals surface area contributed by atoms with Crippen LogP contribution >= 0.6 is 15.9 Å². The van der Waals surface area contributed by atoms with Crippen LogP contribution in [0.25, 0.3) is 0 Å². The van der Waals surface area contributed by atoms with Gasteiger partial charge in [-0.2, -0.15) is 4.90 Å². The second-order valence-electron chi connectivity index (χ2n) is 16.5. The van der Waals surface area contributed by atoms with Gasteiger partial charge in [0, 0.05) is 76.8 Å². The number of carbonyl (C=O) groups excluding carboxylic acids is 7. The summed E-state index contributed by atoms with van der Waals surface area (Å²) in [6.45, 7) is 13.1. The minimum absolute atomic E-state index is 0.0347. The van der Waals surface area contributed by atoms with Gasteiger partial charge in [-0.05, 0) is 93.2 Å². The maximum Gasteiger partial charge on any atom is 0.423 e. The number of nitrogens with zero attached hydrogens (tertiary/aromatic N) is 2. The predicted molar refractivity (Wildman–Crippen MR) is 272 cm³/mol. The topological polar surface area (TPSA) is 461 Å². The molecule has 444 valence electrons. The number of hydrogen-bond acceptors (Lipinski definition) is 22. The van der Waals surface area contributed by atoms with Crippen LogP contribution in [0.5, 0.6) is 0 Å². The number of carboxylic acids is 5. The molecule has 2 aliphatic rings. The maximum absolute atomic E-state index is 11.2. The number of esters is 1. The monoisotopic (exact) mass is 1180 g/mol. The minimum atomic E-state index is -1.04. The highest BCUT2D eigenvalue weighted by Gasteiger charge is 2.30. The van der Waals surface area contributed by atoms with E-state index in [1.54, 1.807) is 20.8 Å². The Morgan fingerprint density at radius 3 is 1.25 bits per heavy atom. The molecule has 77 heavy (non-hydrogen) atoms. The van der Waals surface area contributed by atoms with E-state index in [9.17, 15) is 57.5 Å². The van der Waals surface area contributed by atoms with Crippen molar-refractivity contribution in [3.63, 3.8) is 0 Å². The van der Waals surface area contributed by atoms with E-state index in [4.69, 9.17) is 61.1 Å². The minimum Gasteiger partial charge on any atom is -0.481 e.